The first-order chi connectivity index (χ1) is 31.0. The van der Waals surface area contributed by atoms with Crippen molar-refractivity contribution < 1.29 is 25.2 Å². The fourth-order valence-electron chi connectivity index (χ4n) is 8.93. The summed E-state index contributed by atoms with van der Waals surface area (Å²) < 4.78 is 0. The van der Waals surface area contributed by atoms with Gasteiger partial charge in [-0.15, -0.1) is 0 Å². The Kier molecular flexibility index (Phi) is 50.8. The van der Waals surface area contributed by atoms with Crippen LogP contribution in [-0.4, -0.2) is 57.3 Å². The molecule has 4 atom stereocenters. The molecule has 0 aromatic rings. The summed E-state index contributed by atoms with van der Waals surface area (Å²) in [5.74, 6) is -0.594. The van der Waals surface area contributed by atoms with Crippen molar-refractivity contribution in [1.82, 2.24) is 5.32 Å². The highest BCUT2D eigenvalue weighted by atomic mass is 16.3. The normalized spacial score (nSPS) is 13.9. The van der Waals surface area contributed by atoms with Crippen LogP contribution in [0.4, 0.5) is 0 Å². The van der Waals surface area contributed by atoms with E-state index < -0.39 is 36.9 Å². The predicted molar refractivity (Wildman–Crippen MR) is 274 cm³/mol. The fraction of sp³-hybridized carbons (Fsp3) is 0.912. The number of carbonyl (C=O) groups is 1. The second-order valence-electron chi connectivity index (χ2n) is 19.6. The number of rotatable bonds is 52. The summed E-state index contributed by atoms with van der Waals surface area (Å²) in [5, 5.41) is 43.9. The lowest BCUT2D eigenvalue weighted by Gasteiger charge is -2.27. The minimum absolute atomic E-state index is 0.357. The van der Waals surface area contributed by atoms with Gasteiger partial charge < -0.3 is 25.7 Å². The number of nitrogens with one attached hydrogen (secondary N) is 1. The van der Waals surface area contributed by atoms with Crippen molar-refractivity contribution in [3.05, 3.63) is 24.3 Å². The Labute approximate surface area is 393 Å². The number of aliphatic hydroxyl groups is 4. The summed E-state index contributed by atoms with van der Waals surface area (Å²) in [7, 11) is 0. The van der Waals surface area contributed by atoms with Crippen molar-refractivity contribution in [2.24, 2.45) is 0 Å². The quantitative estimate of drug-likeness (QED) is 0.0309. The van der Waals surface area contributed by atoms with Gasteiger partial charge in [-0.2, -0.15) is 0 Å². The molecule has 0 bridgehead atoms. The van der Waals surface area contributed by atoms with Crippen LogP contribution in [0.15, 0.2) is 24.3 Å². The van der Waals surface area contributed by atoms with E-state index in [9.17, 15) is 25.2 Å². The first kappa shape index (κ1) is 61.8. The topological polar surface area (TPSA) is 110 Å². The van der Waals surface area contributed by atoms with E-state index >= 15 is 0 Å². The van der Waals surface area contributed by atoms with Gasteiger partial charge in [0.25, 0.3) is 0 Å². The third-order valence-electron chi connectivity index (χ3n) is 13.4. The molecule has 5 N–H and O–H groups in total. The van der Waals surface area contributed by atoms with Crippen molar-refractivity contribution >= 4 is 5.91 Å². The van der Waals surface area contributed by atoms with Gasteiger partial charge in [-0.3, -0.25) is 4.79 Å². The maximum atomic E-state index is 12.6. The molecule has 6 heteroatoms. The molecule has 0 aliphatic carbocycles. The third-order valence-corrected chi connectivity index (χ3v) is 13.4. The Bertz CT molecular complexity index is 955. The molecule has 0 fully saturated rings. The third kappa shape index (κ3) is 45.7. The minimum atomic E-state index is -1.28. The lowest BCUT2D eigenvalue weighted by Crippen LogP contribution is -2.53. The Hall–Kier alpha value is -1.21. The Morgan fingerprint density at radius 1 is 0.381 bits per heavy atom. The van der Waals surface area contributed by atoms with Crippen LogP contribution in [0, 0.1) is 0 Å². The highest BCUT2D eigenvalue weighted by Gasteiger charge is 2.28. The maximum Gasteiger partial charge on any atom is 0.249 e. The average molecular weight is 891 g/mol. The summed E-state index contributed by atoms with van der Waals surface area (Å²) in [6.07, 6.45) is 62.5. The van der Waals surface area contributed by atoms with Crippen LogP contribution in [0.3, 0.4) is 0 Å². The van der Waals surface area contributed by atoms with E-state index in [0.717, 1.165) is 44.9 Å². The first-order valence-electron chi connectivity index (χ1n) is 28.2. The smallest absolute Gasteiger partial charge is 0.249 e. The van der Waals surface area contributed by atoms with Gasteiger partial charge in [-0.25, -0.2) is 0 Å². The van der Waals surface area contributed by atoms with Crippen LogP contribution < -0.4 is 5.32 Å². The lowest BCUT2D eigenvalue weighted by atomic mass is 10.00. The molecule has 0 saturated heterocycles. The molecule has 0 saturated carbocycles. The van der Waals surface area contributed by atoms with Crippen molar-refractivity contribution in [3.63, 3.8) is 0 Å². The summed E-state index contributed by atoms with van der Waals surface area (Å²) in [6.45, 7) is 4.07. The van der Waals surface area contributed by atoms with E-state index in [-0.39, 0.29) is 0 Å². The lowest BCUT2D eigenvalue weighted by molar-refractivity contribution is -0.132. The molecule has 0 heterocycles. The van der Waals surface area contributed by atoms with Gasteiger partial charge in [0.15, 0.2) is 0 Å². The molecular formula is C57H111NO5. The van der Waals surface area contributed by atoms with E-state index in [1.54, 1.807) is 0 Å². The standard InChI is InChI=1S/C57H111NO5/c1-3-5-7-9-11-13-15-17-19-21-23-24-25-26-27-28-29-30-31-33-34-36-38-40-42-44-46-48-50-54(60)56(62)53(52-59)58-57(63)55(61)51-49-47-45-43-41-39-37-35-32-22-20-18-16-14-12-10-8-6-4-2/h32,35,42,44,53-56,59-62H,3-31,33-34,36-41,43,45-52H2,1-2H3,(H,58,63)/b35-32-,44-42+. The number of allylic oxidation sites excluding steroid dienone is 4. The zero-order valence-electron chi connectivity index (χ0n) is 42.3. The number of carbonyl (C=O) groups excluding carboxylic acids is 1. The maximum absolute atomic E-state index is 12.6. The van der Waals surface area contributed by atoms with Gasteiger partial charge in [0, 0.05) is 0 Å². The minimum Gasteiger partial charge on any atom is -0.394 e. The van der Waals surface area contributed by atoms with Crippen LogP contribution in [0.1, 0.15) is 303 Å². The highest BCUT2D eigenvalue weighted by Crippen LogP contribution is 2.17. The van der Waals surface area contributed by atoms with Crippen LogP contribution in [0.25, 0.3) is 0 Å². The van der Waals surface area contributed by atoms with E-state index in [0.29, 0.717) is 12.8 Å². The second-order valence-corrected chi connectivity index (χ2v) is 19.6. The fourth-order valence-corrected chi connectivity index (χ4v) is 8.93. The average Bonchev–Trinajstić information content (AvgIpc) is 3.29. The molecule has 1 amide bonds. The Morgan fingerprint density at radius 2 is 0.651 bits per heavy atom. The summed E-state index contributed by atoms with van der Waals surface area (Å²) in [5.41, 5.74) is 0. The van der Waals surface area contributed by atoms with Gasteiger partial charge in [0.2, 0.25) is 5.91 Å². The van der Waals surface area contributed by atoms with Gasteiger partial charge in [0.1, 0.15) is 12.2 Å². The SMILES string of the molecule is CCCCCCCCCCC/C=C\CCCCCCCCC(O)C(=O)NC(CO)C(O)C(O)CCC/C=C/CCCCCCCCCCCCCCCCCCCCCCCCC. The van der Waals surface area contributed by atoms with Gasteiger partial charge in [-0.05, 0) is 64.2 Å². The molecule has 374 valence electrons. The van der Waals surface area contributed by atoms with Crippen LogP contribution >= 0.6 is 0 Å². The number of aliphatic hydroxyl groups excluding tert-OH is 4. The van der Waals surface area contributed by atoms with E-state index in [4.69, 9.17) is 0 Å². The molecule has 4 unspecified atom stereocenters. The molecule has 0 spiro atoms. The first-order valence-corrected chi connectivity index (χ1v) is 28.2. The van der Waals surface area contributed by atoms with Crippen LogP contribution in [0.5, 0.6) is 0 Å². The molecule has 0 rings (SSSR count). The number of amides is 1. The molecule has 0 aliphatic rings. The molecule has 0 aromatic heterocycles. The monoisotopic (exact) mass is 890 g/mol. The highest BCUT2D eigenvalue weighted by molar-refractivity contribution is 5.80. The number of unbranched alkanes of at least 4 members (excludes halogenated alkanes) is 39. The predicted octanol–water partition coefficient (Wildman–Crippen LogP) is 16.3. The van der Waals surface area contributed by atoms with E-state index in [1.165, 1.54) is 231 Å². The summed E-state index contributed by atoms with van der Waals surface area (Å²) >= 11 is 0. The zero-order chi connectivity index (χ0) is 45.9. The molecule has 0 aliphatic heterocycles. The van der Waals surface area contributed by atoms with Crippen molar-refractivity contribution in [2.75, 3.05) is 6.61 Å². The van der Waals surface area contributed by atoms with Gasteiger partial charge in [-0.1, -0.05) is 263 Å². The van der Waals surface area contributed by atoms with E-state index in [2.05, 4.69) is 43.5 Å². The zero-order valence-corrected chi connectivity index (χ0v) is 42.3. The molecular weight excluding hydrogens is 779 g/mol. The summed E-state index contributed by atoms with van der Waals surface area (Å²) in [4.78, 5) is 12.6. The Balaban J connectivity index is 3.64. The van der Waals surface area contributed by atoms with Gasteiger partial charge >= 0.3 is 0 Å². The van der Waals surface area contributed by atoms with Gasteiger partial charge in [0.05, 0.1) is 18.8 Å². The Morgan fingerprint density at radius 3 is 0.952 bits per heavy atom. The van der Waals surface area contributed by atoms with Crippen LogP contribution in [0.2, 0.25) is 0 Å². The summed E-state index contributed by atoms with van der Waals surface area (Å²) in [6, 6.07) is -1.00. The molecule has 6 nitrogen and oxygen atoms in total. The van der Waals surface area contributed by atoms with Crippen molar-refractivity contribution in [3.8, 4) is 0 Å². The number of hydrogen-bond donors (Lipinski definition) is 5. The second kappa shape index (κ2) is 51.8. The van der Waals surface area contributed by atoms with E-state index in [1.807, 2.05) is 0 Å². The van der Waals surface area contributed by atoms with Crippen molar-refractivity contribution in [2.45, 2.75) is 327 Å². The number of hydrogen-bond acceptors (Lipinski definition) is 5. The van der Waals surface area contributed by atoms with Crippen molar-refractivity contribution in [1.29, 1.82) is 0 Å². The molecule has 63 heavy (non-hydrogen) atoms. The molecule has 0 aromatic carbocycles. The van der Waals surface area contributed by atoms with Crippen LogP contribution in [-0.2, 0) is 4.79 Å². The molecule has 0 radical (unpaired) electrons. The largest absolute Gasteiger partial charge is 0.394 e.